The lowest BCUT2D eigenvalue weighted by Crippen LogP contribution is -2.28. The zero-order valence-corrected chi connectivity index (χ0v) is 16.0. The number of rotatable bonds is 7. The molecular weight excluding hydrogens is 394 g/mol. The van der Waals surface area contributed by atoms with Crippen LogP contribution in [-0.4, -0.2) is 32.6 Å². The first-order valence-corrected chi connectivity index (χ1v) is 10.3. The molecule has 148 valence electrons. The van der Waals surface area contributed by atoms with E-state index in [0.717, 1.165) is 10.8 Å². The van der Waals surface area contributed by atoms with Crippen molar-refractivity contribution in [3.63, 3.8) is 0 Å². The molecule has 0 aliphatic rings. The molecule has 0 aliphatic carbocycles. The molecule has 3 aromatic carbocycles. The third kappa shape index (κ3) is 3.94. The van der Waals surface area contributed by atoms with Crippen LogP contribution in [0, 0.1) is 0 Å². The third-order valence-corrected chi connectivity index (χ3v) is 5.88. The quantitative estimate of drug-likeness (QED) is 0.450. The molecule has 0 spiro atoms. The molecule has 1 heterocycles. The van der Waals surface area contributed by atoms with Crippen LogP contribution in [0.5, 0.6) is 5.75 Å². The predicted molar refractivity (Wildman–Crippen MR) is 108 cm³/mol. The van der Waals surface area contributed by atoms with Crippen molar-refractivity contribution in [2.45, 2.75) is 4.90 Å². The zero-order chi connectivity index (χ0) is 20.4. The van der Waals surface area contributed by atoms with E-state index in [1.165, 1.54) is 30.3 Å². The zero-order valence-electron chi connectivity index (χ0n) is 15.2. The summed E-state index contributed by atoms with van der Waals surface area (Å²) in [6.45, 7) is 0.162. The second-order valence-electron chi connectivity index (χ2n) is 6.33. The lowest BCUT2D eigenvalue weighted by Gasteiger charge is -2.09. The van der Waals surface area contributed by atoms with Gasteiger partial charge in [-0.15, -0.1) is 0 Å². The van der Waals surface area contributed by atoms with Crippen molar-refractivity contribution in [2.24, 2.45) is 0 Å². The molecule has 0 fully saturated rings. The Kier molecular flexibility index (Phi) is 4.96. The standard InChI is InChI=1S/C21H17NO6S/c23-21(24)14-5-7-15(8-6-14)27-12-11-22-29(25,26)16-9-10-20-18(13-16)17-3-1-2-4-19(17)28-20/h1-10,13,22H,11-12H2,(H,23,24). The van der Waals surface area contributed by atoms with Gasteiger partial charge >= 0.3 is 5.97 Å². The van der Waals surface area contributed by atoms with Crippen molar-refractivity contribution in [3.05, 3.63) is 72.3 Å². The molecule has 8 heteroatoms. The minimum Gasteiger partial charge on any atom is -0.492 e. The fourth-order valence-corrected chi connectivity index (χ4v) is 4.03. The Hall–Kier alpha value is -3.36. The van der Waals surface area contributed by atoms with Gasteiger partial charge in [0, 0.05) is 17.3 Å². The van der Waals surface area contributed by atoms with Crippen LogP contribution in [0.15, 0.2) is 76.0 Å². The number of nitrogens with one attached hydrogen (secondary N) is 1. The number of sulfonamides is 1. The fourth-order valence-electron chi connectivity index (χ4n) is 2.99. The van der Waals surface area contributed by atoms with Gasteiger partial charge in [-0.2, -0.15) is 0 Å². The Labute approximate surface area is 166 Å². The van der Waals surface area contributed by atoms with E-state index in [2.05, 4.69) is 4.72 Å². The maximum Gasteiger partial charge on any atom is 0.335 e. The first kappa shape index (κ1) is 19.0. The van der Waals surface area contributed by atoms with Crippen LogP contribution < -0.4 is 9.46 Å². The molecule has 0 aliphatic heterocycles. The number of carboxylic acid groups (broad SMARTS) is 1. The Morgan fingerprint density at radius 3 is 2.45 bits per heavy atom. The lowest BCUT2D eigenvalue weighted by atomic mass is 10.1. The van der Waals surface area contributed by atoms with Crippen LogP contribution in [0.2, 0.25) is 0 Å². The molecule has 0 saturated heterocycles. The molecule has 0 amide bonds. The molecule has 0 unspecified atom stereocenters. The van der Waals surface area contributed by atoms with Gasteiger partial charge in [-0.3, -0.25) is 0 Å². The predicted octanol–water partition coefficient (Wildman–Crippen LogP) is 3.64. The van der Waals surface area contributed by atoms with Crippen LogP contribution in [0.4, 0.5) is 0 Å². The van der Waals surface area contributed by atoms with Gasteiger partial charge in [0.25, 0.3) is 0 Å². The van der Waals surface area contributed by atoms with Crippen LogP contribution in [0.3, 0.4) is 0 Å². The summed E-state index contributed by atoms with van der Waals surface area (Å²) < 4.78 is 38.9. The van der Waals surface area contributed by atoms with Crippen molar-refractivity contribution in [3.8, 4) is 5.75 Å². The second kappa shape index (κ2) is 7.57. The summed E-state index contributed by atoms with van der Waals surface area (Å²) in [6, 6.07) is 18.1. The number of carbonyl (C=O) groups is 1. The molecule has 7 nitrogen and oxygen atoms in total. The SMILES string of the molecule is O=C(O)c1ccc(OCCNS(=O)(=O)c2ccc3oc4ccccc4c3c2)cc1. The number of para-hydroxylation sites is 1. The molecule has 0 bridgehead atoms. The smallest absolute Gasteiger partial charge is 0.335 e. The summed E-state index contributed by atoms with van der Waals surface area (Å²) in [5.74, 6) is -0.563. The van der Waals surface area contributed by atoms with Crippen molar-refractivity contribution >= 4 is 37.9 Å². The molecule has 4 rings (SSSR count). The number of fused-ring (bicyclic) bond motifs is 3. The second-order valence-corrected chi connectivity index (χ2v) is 8.10. The highest BCUT2D eigenvalue weighted by Crippen LogP contribution is 2.30. The lowest BCUT2D eigenvalue weighted by molar-refractivity contribution is 0.0697. The van der Waals surface area contributed by atoms with Crippen LogP contribution in [-0.2, 0) is 10.0 Å². The molecular formula is C21H17NO6S. The Morgan fingerprint density at radius 1 is 0.966 bits per heavy atom. The van der Waals surface area contributed by atoms with Gasteiger partial charge in [-0.05, 0) is 48.5 Å². The highest BCUT2D eigenvalue weighted by molar-refractivity contribution is 7.89. The van der Waals surface area contributed by atoms with Gasteiger partial charge in [-0.1, -0.05) is 18.2 Å². The molecule has 1 aromatic heterocycles. The molecule has 0 radical (unpaired) electrons. The first-order valence-electron chi connectivity index (χ1n) is 8.81. The van der Waals surface area contributed by atoms with Gasteiger partial charge in [0.2, 0.25) is 10.0 Å². The minimum atomic E-state index is -3.72. The molecule has 4 aromatic rings. The largest absolute Gasteiger partial charge is 0.492 e. The topological polar surface area (TPSA) is 106 Å². The van der Waals surface area contributed by atoms with Gasteiger partial charge in [0.05, 0.1) is 10.5 Å². The highest BCUT2D eigenvalue weighted by Gasteiger charge is 2.16. The van der Waals surface area contributed by atoms with Gasteiger partial charge in [-0.25, -0.2) is 17.9 Å². The van der Waals surface area contributed by atoms with E-state index in [1.54, 1.807) is 12.1 Å². The van der Waals surface area contributed by atoms with E-state index >= 15 is 0 Å². The number of benzene rings is 3. The van der Waals surface area contributed by atoms with E-state index in [9.17, 15) is 13.2 Å². The number of hydrogen-bond acceptors (Lipinski definition) is 5. The van der Waals surface area contributed by atoms with Crippen molar-refractivity contribution in [1.29, 1.82) is 0 Å². The van der Waals surface area contributed by atoms with Crippen LogP contribution >= 0.6 is 0 Å². The number of furan rings is 1. The molecule has 29 heavy (non-hydrogen) atoms. The number of carboxylic acids is 1. The molecule has 0 atom stereocenters. The van der Waals surface area contributed by atoms with E-state index in [-0.39, 0.29) is 23.6 Å². The van der Waals surface area contributed by atoms with Crippen LogP contribution in [0.25, 0.3) is 21.9 Å². The normalized spacial score (nSPS) is 11.7. The van der Waals surface area contributed by atoms with E-state index in [4.69, 9.17) is 14.3 Å². The maximum absolute atomic E-state index is 12.6. The number of aromatic carboxylic acids is 1. The fraction of sp³-hybridized carbons (Fsp3) is 0.0952. The summed E-state index contributed by atoms with van der Waals surface area (Å²) in [5.41, 5.74) is 1.48. The summed E-state index contributed by atoms with van der Waals surface area (Å²) in [7, 11) is -3.72. The average Bonchev–Trinajstić information content (AvgIpc) is 3.09. The Balaban J connectivity index is 1.43. The Bertz CT molecular complexity index is 1290. The van der Waals surface area contributed by atoms with Crippen molar-refractivity contribution in [2.75, 3.05) is 13.2 Å². The van der Waals surface area contributed by atoms with Crippen LogP contribution in [0.1, 0.15) is 10.4 Å². The molecule has 2 N–H and O–H groups in total. The van der Waals surface area contributed by atoms with Gasteiger partial charge < -0.3 is 14.3 Å². The summed E-state index contributed by atoms with van der Waals surface area (Å²) in [6.07, 6.45) is 0. The van der Waals surface area contributed by atoms with E-state index in [1.807, 2.05) is 24.3 Å². The highest BCUT2D eigenvalue weighted by atomic mass is 32.2. The monoisotopic (exact) mass is 411 g/mol. The maximum atomic E-state index is 12.6. The Morgan fingerprint density at radius 2 is 1.69 bits per heavy atom. The van der Waals surface area contributed by atoms with Crippen molar-refractivity contribution in [1.82, 2.24) is 4.72 Å². The summed E-state index contributed by atoms with van der Waals surface area (Å²) in [5, 5.41) is 10.5. The summed E-state index contributed by atoms with van der Waals surface area (Å²) >= 11 is 0. The number of hydrogen-bond donors (Lipinski definition) is 2. The van der Waals surface area contributed by atoms with Crippen molar-refractivity contribution < 1.29 is 27.5 Å². The number of ether oxygens (including phenoxy) is 1. The summed E-state index contributed by atoms with van der Waals surface area (Å²) in [4.78, 5) is 11.0. The molecule has 0 saturated carbocycles. The van der Waals surface area contributed by atoms with E-state index < -0.39 is 16.0 Å². The minimum absolute atomic E-state index is 0.0627. The van der Waals surface area contributed by atoms with E-state index in [0.29, 0.717) is 16.9 Å². The third-order valence-electron chi connectivity index (χ3n) is 4.42. The first-order chi connectivity index (χ1) is 13.9. The average molecular weight is 411 g/mol. The van der Waals surface area contributed by atoms with Gasteiger partial charge in [0.15, 0.2) is 0 Å². The van der Waals surface area contributed by atoms with Gasteiger partial charge in [0.1, 0.15) is 23.5 Å².